The van der Waals surface area contributed by atoms with Gasteiger partial charge >= 0.3 is 5.69 Å². The molecule has 2 atom stereocenters. The monoisotopic (exact) mass is 521 g/mol. The number of nitrogens with zero attached hydrogens (tertiary/aromatic N) is 1. The van der Waals surface area contributed by atoms with Crippen molar-refractivity contribution in [2.24, 2.45) is 4.99 Å². The molecule has 10 nitrogen and oxygen atoms in total. The van der Waals surface area contributed by atoms with Gasteiger partial charge in [0.2, 0.25) is 17.7 Å². The number of thioether (sulfide) groups is 1. The normalized spacial score (nSPS) is 17.1. The van der Waals surface area contributed by atoms with Crippen LogP contribution in [-0.4, -0.2) is 37.3 Å². The smallest absolute Gasteiger partial charge is 0.328 e. The predicted molar refractivity (Wildman–Crippen MR) is 143 cm³/mol. The van der Waals surface area contributed by atoms with Crippen LogP contribution in [0.1, 0.15) is 54.5 Å². The number of carbonyl (C=O) groups excluding carboxylic acids is 2. The van der Waals surface area contributed by atoms with Crippen LogP contribution in [0.15, 0.2) is 63.1 Å². The Bertz CT molecular complexity index is 1460. The lowest BCUT2D eigenvalue weighted by atomic mass is 9.96. The summed E-state index contributed by atoms with van der Waals surface area (Å²) in [5.41, 5.74) is 1.51. The fourth-order valence-electron chi connectivity index (χ4n) is 3.84. The van der Waals surface area contributed by atoms with Crippen LogP contribution in [0.5, 0.6) is 5.88 Å². The third kappa shape index (κ3) is 6.18. The number of aliphatic imine (C=N–C) groups is 1. The lowest BCUT2D eigenvalue weighted by Crippen LogP contribution is -2.29. The summed E-state index contributed by atoms with van der Waals surface area (Å²) in [4.78, 5) is 58.2. The second kappa shape index (κ2) is 10.9. The van der Waals surface area contributed by atoms with E-state index in [2.05, 4.69) is 25.6 Å². The van der Waals surface area contributed by atoms with Crippen molar-refractivity contribution in [1.29, 1.82) is 0 Å². The maximum atomic E-state index is 12.6. The molecule has 2 aromatic carbocycles. The fourth-order valence-corrected chi connectivity index (χ4v) is 4.84. The van der Waals surface area contributed by atoms with E-state index < -0.39 is 34.3 Å². The fraction of sp³-hybridized carbons (Fsp3) is 0.269. The van der Waals surface area contributed by atoms with E-state index in [1.807, 2.05) is 45.0 Å². The minimum Gasteiger partial charge on any atom is -0.494 e. The molecule has 2 amide bonds. The van der Waals surface area contributed by atoms with Crippen LogP contribution in [0.4, 0.5) is 5.69 Å². The van der Waals surface area contributed by atoms with Crippen molar-refractivity contribution in [1.82, 2.24) is 15.3 Å². The van der Waals surface area contributed by atoms with Gasteiger partial charge in [-0.3, -0.25) is 24.4 Å². The number of aromatic hydroxyl groups is 1. The molecule has 0 radical (unpaired) electrons. The molecule has 192 valence electrons. The quantitative estimate of drug-likeness (QED) is 0.322. The van der Waals surface area contributed by atoms with Gasteiger partial charge in [0.25, 0.3) is 5.56 Å². The van der Waals surface area contributed by atoms with Gasteiger partial charge in [-0.15, -0.1) is 0 Å². The van der Waals surface area contributed by atoms with Gasteiger partial charge in [0.1, 0.15) is 16.9 Å². The standard InChI is InChI=1S/C26H27N5O5S/c1-13(2)15-6-8-16(9-7-15)21(20-23(34)29-25(36)30-24(20)35)28-26-31-22(33)18(37-26)12-19(32)27-17-10-4-14(3)5-11-17/h4-11,13,18,21H,12H2,1-3H3,(H,27,32)(H,28,31,33)(H3,29,30,34,35,36)/t18-,21-/m0/s1. The van der Waals surface area contributed by atoms with Crippen LogP contribution in [0.3, 0.4) is 0 Å². The van der Waals surface area contributed by atoms with E-state index in [0.29, 0.717) is 11.3 Å². The van der Waals surface area contributed by atoms with Crippen molar-refractivity contribution >= 4 is 34.4 Å². The lowest BCUT2D eigenvalue weighted by molar-refractivity contribution is -0.122. The molecule has 1 aromatic heterocycles. The molecule has 0 spiro atoms. The number of amidine groups is 1. The highest BCUT2D eigenvalue weighted by atomic mass is 32.2. The Morgan fingerprint density at radius 3 is 2.30 bits per heavy atom. The van der Waals surface area contributed by atoms with Crippen LogP contribution in [0, 0.1) is 6.92 Å². The zero-order chi connectivity index (χ0) is 26.7. The molecular weight excluding hydrogens is 494 g/mol. The number of hydrogen-bond donors (Lipinski definition) is 5. The number of H-pyrrole nitrogens is 2. The molecule has 0 unspecified atom stereocenters. The van der Waals surface area contributed by atoms with Crippen molar-refractivity contribution in [3.8, 4) is 5.88 Å². The molecule has 1 saturated heterocycles. The van der Waals surface area contributed by atoms with Gasteiger partial charge in [-0.1, -0.05) is 67.6 Å². The van der Waals surface area contributed by atoms with Gasteiger partial charge in [-0.2, -0.15) is 0 Å². The summed E-state index contributed by atoms with van der Waals surface area (Å²) in [6, 6.07) is 13.6. The number of aromatic nitrogens is 2. The molecule has 0 bridgehead atoms. The number of nitrogens with one attached hydrogen (secondary N) is 4. The number of aromatic amines is 2. The van der Waals surface area contributed by atoms with Crippen molar-refractivity contribution < 1.29 is 14.7 Å². The largest absolute Gasteiger partial charge is 0.494 e. The SMILES string of the molecule is Cc1ccc(NC(=O)C[C@@H]2SC(=N[C@@H](c3ccc(C(C)C)cc3)c3c(O)[nH]c(=O)[nH]c3=O)NC2=O)cc1. The third-order valence-corrected chi connectivity index (χ3v) is 6.98. The van der Waals surface area contributed by atoms with E-state index in [1.54, 1.807) is 24.3 Å². The first-order chi connectivity index (χ1) is 17.6. The highest BCUT2D eigenvalue weighted by molar-refractivity contribution is 8.15. The zero-order valence-electron chi connectivity index (χ0n) is 20.5. The van der Waals surface area contributed by atoms with E-state index in [4.69, 9.17) is 0 Å². The molecule has 3 aromatic rings. The minimum atomic E-state index is -1.02. The number of aryl methyl sites for hydroxylation is 1. The van der Waals surface area contributed by atoms with E-state index in [0.717, 1.165) is 22.9 Å². The van der Waals surface area contributed by atoms with E-state index >= 15 is 0 Å². The molecule has 0 aliphatic carbocycles. The summed E-state index contributed by atoms with van der Waals surface area (Å²) in [5.74, 6) is -1.05. The van der Waals surface area contributed by atoms with Crippen LogP contribution in [-0.2, 0) is 9.59 Å². The molecule has 2 heterocycles. The summed E-state index contributed by atoms with van der Waals surface area (Å²) in [7, 11) is 0. The molecule has 37 heavy (non-hydrogen) atoms. The average Bonchev–Trinajstić information content (AvgIpc) is 3.17. The Labute approximate surface area is 216 Å². The van der Waals surface area contributed by atoms with Crippen molar-refractivity contribution in [3.05, 3.63) is 91.6 Å². The van der Waals surface area contributed by atoms with Crippen LogP contribution < -0.4 is 21.9 Å². The molecular formula is C26H27N5O5S. The number of anilines is 1. The topological polar surface area (TPSA) is 157 Å². The maximum absolute atomic E-state index is 12.6. The second-order valence-electron chi connectivity index (χ2n) is 9.04. The number of rotatable bonds is 7. The van der Waals surface area contributed by atoms with E-state index in [1.165, 1.54) is 0 Å². The number of carbonyl (C=O) groups is 2. The van der Waals surface area contributed by atoms with Gasteiger partial charge in [0, 0.05) is 12.1 Å². The first kappa shape index (κ1) is 26.0. The van der Waals surface area contributed by atoms with Crippen molar-refractivity contribution in [3.63, 3.8) is 0 Å². The van der Waals surface area contributed by atoms with Gasteiger partial charge < -0.3 is 15.7 Å². The number of benzene rings is 2. The highest BCUT2D eigenvalue weighted by Crippen LogP contribution is 2.32. The molecule has 11 heteroatoms. The summed E-state index contributed by atoms with van der Waals surface area (Å²) in [6.45, 7) is 6.04. The van der Waals surface area contributed by atoms with Crippen LogP contribution in [0.2, 0.25) is 0 Å². The van der Waals surface area contributed by atoms with Crippen molar-refractivity contribution in [2.45, 2.75) is 44.4 Å². The Morgan fingerprint density at radius 2 is 1.68 bits per heavy atom. The van der Waals surface area contributed by atoms with Crippen molar-refractivity contribution in [2.75, 3.05) is 5.32 Å². The van der Waals surface area contributed by atoms with E-state index in [9.17, 15) is 24.3 Å². The van der Waals surface area contributed by atoms with Gasteiger partial charge in [-0.05, 0) is 36.1 Å². The lowest BCUT2D eigenvalue weighted by Gasteiger charge is -2.15. The maximum Gasteiger partial charge on any atom is 0.328 e. The van der Waals surface area contributed by atoms with E-state index in [-0.39, 0.29) is 29.0 Å². The molecule has 1 aliphatic rings. The Morgan fingerprint density at radius 1 is 1.03 bits per heavy atom. The molecule has 5 N–H and O–H groups in total. The third-order valence-electron chi connectivity index (χ3n) is 5.88. The molecule has 0 saturated carbocycles. The molecule has 4 rings (SSSR count). The Kier molecular flexibility index (Phi) is 7.63. The summed E-state index contributed by atoms with van der Waals surface area (Å²) < 4.78 is 0. The average molecular weight is 522 g/mol. The summed E-state index contributed by atoms with van der Waals surface area (Å²) in [5, 5.41) is 15.3. The second-order valence-corrected chi connectivity index (χ2v) is 10.2. The number of amides is 2. The Hall–Kier alpha value is -4.12. The van der Waals surface area contributed by atoms with Crippen LogP contribution in [0.25, 0.3) is 0 Å². The van der Waals surface area contributed by atoms with Gasteiger partial charge in [0.05, 0.1) is 0 Å². The number of hydrogen-bond acceptors (Lipinski definition) is 7. The molecule has 1 aliphatic heterocycles. The molecule has 1 fully saturated rings. The first-order valence-electron chi connectivity index (χ1n) is 11.7. The predicted octanol–water partition coefficient (Wildman–Crippen LogP) is 2.91. The van der Waals surface area contributed by atoms with Gasteiger partial charge in [-0.25, -0.2) is 9.79 Å². The zero-order valence-corrected chi connectivity index (χ0v) is 21.3. The summed E-state index contributed by atoms with van der Waals surface area (Å²) in [6.07, 6.45) is -0.0817. The Balaban J connectivity index is 1.60. The van der Waals surface area contributed by atoms with Crippen LogP contribution >= 0.6 is 11.8 Å². The first-order valence-corrected chi connectivity index (χ1v) is 12.6. The van der Waals surface area contributed by atoms with Gasteiger partial charge in [0.15, 0.2) is 5.17 Å². The minimum absolute atomic E-state index is 0.0817. The summed E-state index contributed by atoms with van der Waals surface area (Å²) >= 11 is 1.06. The highest BCUT2D eigenvalue weighted by Gasteiger charge is 2.33.